The highest BCUT2D eigenvalue weighted by molar-refractivity contribution is 6.02. The van der Waals surface area contributed by atoms with Crippen LogP contribution in [0.15, 0.2) is 78.9 Å². The molecule has 3 aromatic carbocycles. The van der Waals surface area contributed by atoms with Crippen molar-refractivity contribution >= 4 is 17.7 Å². The van der Waals surface area contributed by atoms with Crippen molar-refractivity contribution in [2.75, 3.05) is 19.5 Å². The number of hydrogen-bond acceptors (Lipinski definition) is 4. The Morgan fingerprint density at radius 2 is 1.54 bits per heavy atom. The Morgan fingerprint density at radius 1 is 0.821 bits per heavy atom. The van der Waals surface area contributed by atoms with Gasteiger partial charge in [0.25, 0.3) is 0 Å². The van der Waals surface area contributed by atoms with Gasteiger partial charge in [-0.05, 0) is 48.5 Å². The fraction of sp³-hybridized carbons (Fsp3) is 0.0870. The number of benzene rings is 3. The molecule has 3 rings (SSSR count). The van der Waals surface area contributed by atoms with Crippen molar-refractivity contribution in [2.24, 2.45) is 0 Å². The zero-order chi connectivity index (χ0) is 19.8. The molecule has 0 heterocycles. The van der Waals surface area contributed by atoms with E-state index >= 15 is 0 Å². The summed E-state index contributed by atoms with van der Waals surface area (Å²) in [6, 6.07) is 22.2. The van der Waals surface area contributed by atoms with Crippen molar-refractivity contribution in [2.45, 2.75) is 0 Å². The number of carbonyl (C=O) groups is 1. The number of amides is 1. The SMILES string of the molecule is COc1cccc(/C=C/C(=O)Nc2ccc(Oc3ccccc3)cc2)c1OC. The Labute approximate surface area is 164 Å². The third kappa shape index (κ3) is 4.92. The Morgan fingerprint density at radius 3 is 2.21 bits per heavy atom. The third-order valence-electron chi connectivity index (χ3n) is 3.95. The van der Waals surface area contributed by atoms with Crippen molar-refractivity contribution in [1.82, 2.24) is 0 Å². The normalized spacial score (nSPS) is 10.5. The van der Waals surface area contributed by atoms with Crippen molar-refractivity contribution < 1.29 is 19.0 Å². The number of anilines is 1. The molecule has 0 radical (unpaired) electrons. The van der Waals surface area contributed by atoms with Gasteiger partial charge in [0.05, 0.1) is 14.2 Å². The van der Waals surface area contributed by atoms with Gasteiger partial charge in [-0.2, -0.15) is 0 Å². The minimum absolute atomic E-state index is 0.249. The van der Waals surface area contributed by atoms with Gasteiger partial charge >= 0.3 is 0 Å². The number of rotatable bonds is 7. The van der Waals surface area contributed by atoms with E-state index in [-0.39, 0.29) is 5.91 Å². The number of para-hydroxylation sites is 2. The number of hydrogen-bond donors (Lipinski definition) is 1. The lowest BCUT2D eigenvalue weighted by Crippen LogP contribution is -2.07. The first-order valence-electron chi connectivity index (χ1n) is 8.72. The van der Waals surface area contributed by atoms with Crippen LogP contribution < -0.4 is 19.5 Å². The monoisotopic (exact) mass is 375 g/mol. The van der Waals surface area contributed by atoms with Crippen molar-refractivity contribution in [3.63, 3.8) is 0 Å². The van der Waals surface area contributed by atoms with Crippen LogP contribution in [0, 0.1) is 0 Å². The topological polar surface area (TPSA) is 56.8 Å². The Bertz CT molecular complexity index is 950. The summed E-state index contributed by atoms with van der Waals surface area (Å²) in [6.07, 6.45) is 3.13. The molecular formula is C23H21NO4. The average Bonchev–Trinajstić information content (AvgIpc) is 2.74. The standard InChI is InChI=1S/C23H21NO4/c1-26-21-10-6-7-17(23(21)27-2)11-16-22(25)24-18-12-14-20(15-13-18)28-19-8-4-3-5-9-19/h3-16H,1-2H3,(H,24,25)/b16-11+. The van der Waals surface area contributed by atoms with Crippen molar-refractivity contribution in [3.05, 3.63) is 84.4 Å². The van der Waals surface area contributed by atoms with Gasteiger partial charge in [0, 0.05) is 17.3 Å². The summed E-state index contributed by atoms with van der Waals surface area (Å²) in [5, 5.41) is 2.82. The van der Waals surface area contributed by atoms with Gasteiger partial charge in [-0.1, -0.05) is 30.3 Å². The summed E-state index contributed by atoms with van der Waals surface area (Å²) in [7, 11) is 3.14. The summed E-state index contributed by atoms with van der Waals surface area (Å²) in [6.45, 7) is 0. The van der Waals surface area contributed by atoms with E-state index in [4.69, 9.17) is 14.2 Å². The van der Waals surface area contributed by atoms with Gasteiger partial charge in [0.2, 0.25) is 5.91 Å². The molecule has 3 aromatic rings. The first kappa shape index (κ1) is 19.0. The molecule has 1 N–H and O–H groups in total. The molecule has 0 aliphatic rings. The Balaban J connectivity index is 1.63. The predicted molar refractivity (Wildman–Crippen MR) is 110 cm³/mol. The molecule has 5 heteroatoms. The van der Waals surface area contributed by atoms with E-state index in [2.05, 4.69) is 5.32 Å². The number of ether oxygens (including phenoxy) is 3. The maximum absolute atomic E-state index is 12.2. The van der Waals surface area contributed by atoms with Gasteiger partial charge in [-0.25, -0.2) is 0 Å². The summed E-state index contributed by atoms with van der Waals surface area (Å²) in [5.41, 5.74) is 1.43. The summed E-state index contributed by atoms with van der Waals surface area (Å²) < 4.78 is 16.4. The van der Waals surface area contributed by atoms with Crippen LogP contribution >= 0.6 is 0 Å². The largest absolute Gasteiger partial charge is 0.493 e. The van der Waals surface area contributed by atoms with Crippen LogP contribution in [0.3, 0.4) is 0 Å². The molecule has 0 atom stereocenters. The smallest absolute Gasteiger partial charge is 0.248 e. The first-order valence-corrected chi connectivity index (χ1v) is 8.72. The lowest BCUT2D eigenvalue weighted by Gasteiger charge is -2.10. The van der Waals surface area contributed by atoms with Gasteiger partial charge in [-0.3, -0.25) is 4.79 Å². The Kier molecular flexibility index (Phi) is 6.31. The lowest BCUT2D eigenvalue weighted by molar-refractivity contribution is -0.111. The highest BCUT2D eigenvalue weighted by atomic mass is 16.5. The van der Waals surface area contributed by atoms with E-state index in [1.54, 1.807) is 50.6 Å². The van der Waals surface area contributed by atoms with E-state index in [0.29, 0.717) is 22.9 Å². The van der Waals surface area contributed by atoms with E-state index in [1.165, 1.54) is 6.08 Å². The van der Waals surface area contributed by atoms with Crippen LogP contribution in [0.2, 0.25) is 0 Å². The molecule has 0 spiro atoms. The number of methoxy groups -OCH3 is 2. The summed E-state index contributed by atoms with van der Waals surface area (Å²) in [4.78, 5) is 12.2. The number of nitrogens with one attached hydrogen (secondary N) is 1. The molecule has 0 saturated carbocycles. The molecule has 5 nitrogen and oxygen atoms in total. The third-order valence-corrected chi connectivity index (χ3v) is 3.95. The second kappa shape index (κ2) is 9.28. The minimum atomic E-state index is -0.249. The molecule has 0 bridgehead atoms. The van der Waals surface area contributed by atoms with Crippen LogP contribution in [0.25, 0.3) is 6.08 Å². The van der Waals surface area contributed by atoms with Gasteiger partial charge < -0.3 is 19.5 Å². The van der Waals surface area contributed by atoms with Crippen LogP contribution in [0.5, 0.6) is 23.0 Å². The predicted octanol–water partition coefficient (Wildman–Crippen LogP) is 5.15. The fourth-order valence-corrected chi connectivity index (χ4v) is 2.62. The zero-order valence-electron chi connectivity index (χ0n) is 15.7. The highest BCUT2D eigenvalue weighted by Gasteiger charge is 2.07. The van der Waals surface area contributed by atoms with Crippen LogP contribution in [0.4, 0.5) is 5.69 Å². The molecule has 0 aliphatic carbocycles. The molecule has 0 saturated heterocycles. The van der Waals surface area contributed by atoms with E-state index in [0.717, 1.165) is 11.3 Å². The molecule has 0 aromatic heterocycles. The average molecular weight is 375 g/mol. The lowest BCUT2D eigenvalue weighted by atomic mass is 10.1. The zero-order valence-corrected chi connectivity index (χ0v) is 15.7. The Hall–Kier alpha value is -3.73. The van der Waals surface area contributed by atoms with Crippen LogP contribution in [0.1, 0.15) is 5.56 Å². The van der Waals surface area contributed by atoms with Crippen molar-refractivity contribution in [3.8, 4) is 23.0 Å². The van der Waals surface area contributed by atoms with Gasteiger partial charge in [0.1, 0.15) is 11.5 Å². The molecule has 28 heavy (non-hydrogen) atoms. The molecule has 1 amide bonds. The number of carbonyl (C=O) groups excluding carboxylic acids is 1. The molecule has 0 fully saturated rings. The van der Waals surface area contributed by atoms with Crippen LogP contribution in [-0.2, 0) is 4.79 Å². The second-order valence-corrected chi connectivity index (χ2v) is 5.84. The second-order valence-electron chi connectivity index (χ2n) is 5.84. The maximum Gasteiger partial charge on any atom is 0.248 e. The van der Waals surface area contributed by atoms with Crippen molar-refractivity contribution in [1.29, 1.82) is 0 Å². The van der Waals surface area contributed by atoms with Crippen LogP contribution in [-0.4, -0.2) is 20.1 Å². The quantitative estimate of drug-likeness (QED) is 0.581. The van der Waals surface area contributed by atoms with E-state index in [1.807, 2.05) is 42.5 Å². The van der Waals surface area contributed by atoms with Gasteiger partial charge in [0.15, 0.2) is 11.5 Å². The fourth-order valence-electron chi connectivity index (χ4n) is 2.62. The first-order chi connectivity index (χ1) is 13.7. The molecule has 0 aliphatic heterocycles. The maximum atomic E-state index is 12.2. The van der Waals surface area contributed by atoms with E-state index < -0.39 is 0 Å². The van der Waals surface area contributed by atoms with Gasteiger partial charge in [-0.15, -0.1) is 0 Å². The molecule has 0 unspecified atom stereocenters. The molecular weight excluding hydrogens is 354 g/mol. The molecule has 142 valence electrons. The summed E-state index contributed by atoms with van der Waals surface area (Å²) >= 11 is 0. The highest BCUT2D eigenvalue weighted by Crippen LogP contribution is 2.31. The summed E-state index contributed by atoms with van der Waals surface area (Å²) in [5.74, 6) is 2.40. The van der Waals surface area contributed by atoms with E-state index in [9.17, 15) is 4.79 Å². The minimum Gasteiger partial charge on any atom is -0.493 e.